The third kappa shape index (κ3) is 2.82. The van der Waals surface area contributed by atoms with Gasteiger partial charge in [0.1, 0.15) is 0 Å². The summed E-state index contributed by atoms with van der Waals surface area (Å²) in [4.78, 5) is 16.7. The largest absolute Gasteiger partial charge is 0.459 e. The summed E-state index contributed by atoms with van der Waals surface area (Å²) in [6.45, 7) is 2.39. The Morgan fingerprint density at radius 1 is 1.46 bits per heavy atom. The van der Waals surface area contributed by atoms with E-state index in [4.69, 9.17) is 8.94 Å². The molecule has 2 aliphatic rings. The lowest BCUT2D eigenvalue weighted by atomic mass is 9.80. The van der Waals surface area contributed by atoms with Crippen LogP contribution in [0.5, 0.6) is 0 Å². The zero-order valence-corrected chi connectivity index (χ0v) is 15.3. The van der Waals surface area contributed by atoms with Gasteiger partial charge in [0.2, 0.25) is 15.9 Å². The monoisotopic (exact) mass is 380 g/mol. The number of amides is 1. The molecule has 0 aromatic carbocycles. The van der Waals surface area contributed by atoms with Gasteiger partial charge in [-0.3, -0.25) is 4.79 Å². The summed E-state index contributed by atoms with van der Waals surface area (Å²) < 4.78 is 36.1. The van der Waals surface area contributed by atoms with Gasteiger partial charge in [0.05, 0.1) is 17.9 Å². The molecule has 1 aliphatic heterocycles. The highest BCUT2D eigenvalue weighted by Gasteiger charge is 2.59. The molecule has 140 valence electrons. The van der Waals surface area contributed by atoms with Crippen LogP contribution in [0.4, 0.5) is 0 Å². The molecule has 1 saturated heterocycles. The van der Waals surface area contributed by atoms with Crippen LogP contribution in [-0.4, -0.2) is 54.2 Å². The van der Waals surface area contributed by atoms with Crippen LogP contribution in [0.25, 0.3) is 0 Å². The fraction of sp³-hybridized carbons (Fsp3) is 0.562. The molecule has 9 nitrogen and oxygen atoms in total. The van der Waals surface area contributed by atoms with E-state index in [1.54, 1.807) is 19.1 Å². The van der Waals surface area contributed by atoms with Crippen LogP contribution in [0.1, 0.15) is 35.1 Å². The van der Waals surface area contributed by atoms with E-state index in [-0.39, 0.29) is 30.2 Å². The Morgan fingerprint density at radius 3 is 2.88 bits per heavy atom. The van der Waals surface area contributed by atoms with Crippen molar-refractivity contribution in [2.24, 2.45) is 5.92 Å². The Hall–Kier alpha value is -2.20. The second kappa shape index (κ2) is 5.92. The van der Waals surface area contributed by atoms with Gasteiger partial charge < -0.3 is 14.3 Å². The van der Waals surface area contributed by atoms with Gasteiger partial charge in [0.25, 0.3) is 5.91 Å². The van der Waals surface area contributed by atoms with Crippen LogP contribution in [-0.2, 0) is 15.4 Å². The van der Waals surface area contributed by atoms with Gasteiger partial charge >= 0.3 is 0 Å². The zero-order valence-electron chi connectivity index (χ0n) is 14.5. The van der Waals surface area contributed by atoms with Gasteiger partial charge in [-0.1, -0.05) is 5.16 Å². The Balaban J connectivity index is 1.60. The summed E-state index contributed by atoms with van der Waals surface area (Å²) in [6.07, 6.45) is 3.83. The Bertz CT molecular complexity index is 922. The molecular weight excluding hydrogens is 360 g/mol. The molecule has 3 atom stereocenters. The lowest BCUT2D eigenvalue weighted by Crippen LogP contribution is -2.39. The van der Waals surface area contributed by atoms with E-state index in [1.807, 2.05) is 0 Å². The number of hydrogen-bond donors (Lipinski definition) is 1. The van der Waals surface area contributed by atoms with Crippen molar-refractivity contribution in [3.05, 3.63) is 35.9 Å². The molecule has 0 radical (unpaired) electrons. The number of hydrogen-bond acceptors (Lipinski definition) is 7. The minimum atomic E-state index is -3.32. The first-order valence-electron chi connectivity index (χ1n) is 8.38. The van der Waals surface area contributed by atoms with Crippen molar-refractivity contribution >= 4 is 15.9 Å². The van der Waals surface area contributed by atoms with Gasteiger partial charge in [-0.05, 0) is 37.8 Å². The molecule has 1 saturated carbocycles. The summed E-state index contributed by atoms with van der Waals surface area (Å²) >= 11 is 0. The van der Waals surface area contributed by atoms with Gasteiger partial charge in [0, 0.05) is 19.1 Å². The van der Waals surface area contributed by atoms with E-state index in [2.05, 4.69) is 15.5 Å². The first-order chi connectivity index (χ1) is 12.3. The van der Waals surface area contributed by atoms with Gasteiger partial charge in [-0.25, -0.2) is 12.7 Å². The first kappa shape index (κ1) is 17.2. The minimum Gasteiger partial charge on any atom is -0.459 e. The van der Waals surface area contributed by atoms with Crippen LogP contribution in [0.3, 0.4) is 0 Å². The van der Waals surface area contributed by atoms with E-state index >= 15 is 0 Å². The molecule has 2 aromatic rings. The molecule has 0 unspecified atom stereocenters. The topological polar surface area (TPSA) is 119 Å². The van der Waals surface area contributed by atoms with E-state index in [0.717, 1.165) is 0 Å². The highest BCUT2D eigenvalue weighted by atomic mass is 32.2. The normalized spacial score (nSPS) is 29.0. The maximum atomic E-state index is 12.3. The standard InChI is InChI=1S/C16H20N4O5S/c1-10-17-15(25-19-10)16-7-12(18-14(21)13-4-3-5-24-13)6-11(16)8-20(9-16)26(2,22)23/h3-5,11-12H,6-9H2,1-2H3,(H,18,21)/t11-,12+,16-/m0/s1. The number of furan rings is 1. The molecule has 1 aliphatic carbocycles. The van der Waals surface area contributed by atoms with Crippen LogP contribution >= 0.6 is 0 Å². The van der Waals surface area contributed by atoms with Crippen molar-refractivity contribution in [3.63, 3.8) is 0 Å². The van der Waals surface area contributed by atoms with Crippen LogP contribution in [0.2, 0.25) is 0 Å². The van der Waals surface area contributed by atoms with Gasteiger partial charge in [-0.15, -0.1) is 0 Å². The molecule has 0 bridgehead atoms. The summed E-state index contributed by atoms with van der Waals surface area (Å²) in [5.41, 5.74) is -0.578. The summed E-state index contributed by atoms with van der Waals surface area (Å²) in [5.74, 6) is 0.924. The predicted molar refractivity (Wildman–Crippen MR) is 89.8 cm³/mol. The average molecular weight is 380 g/mol. The van der Waals surface area contributed by atoms with Crippen molar-refractivity contribution in [1.82, 2.24) is 19.8 Å². The summed E-state index contributed by atoms with van der Waals surface area (Å²) in [7, 11) is -3.32. The lowest BCUT2D eigenvalue weighted by Gasteiger charge is -2.24. The van der Waals surface area contributed by atoms with Crippen LogP contribution in [0, 0.1) is 12.8 Å². The third-order valence-electron chi connectivity index (χ3n) is 5.35. The summed E-state index contributed by atoms with van der Waals surface area (Å²) in [5, 5.41) is 6.85. The first-order valence-corrected chi connectivity index (χ1v) is 10.2. The number of carbonyl (C=O) groups excluding carboxylic acids is 1. The molecule has 3 heterocycles. The number of fused-ring (bicyclic) bond motifs is 1. The highest BCUT2D eigenvalue weighted by molar-refractivity contribution is 7.88. The van der Waals surface area contributed by atoms with E-state index < -0.39 is 15.4 Å². The van der Waals surface area contributed by atoms with E-state index in [0.29, 0.717) is 31.1 Å². The van der Waals surface area contributed by atoms with Crippen LogP contribution in [0.15, 0.2) is 27.3 Å². The average Bonchev–Trinajstić information content (AvgIpc) is 3.28. The Labute approximate surface area is 150 Å². The van der Waals surface area contributed by atoms with Crippen molar-refractivity contribution in [2.45, 2.75) is 31.2 Å². The fourth-order valence-corrected chi connectivity index (χ4v) is 5.10. The summed E-state index contributed by atoms with van der Waals surface area (Å²) in [6, 6.07) is 3.14. The number of carbonyl (C=O) groups is 1. The minimum absolute atomic E-state index is 0.000948. The number of sulfonamides is 1. The Kier molecular flexibility index (Phi) is 3.92. The molecular formula is C16H20N4O5S. The zero-order chi connectivity index (χ0) is 18.5. The van der Waals surface area contributed by atoms with E-state index in [1.165, 1.54) is 16.8 Å². The van der Waals surface area contributed by atoms with Crippen molar-refractivity contribution in [3.8, 4) is 0 Å². The second-order valence-corrected chi connectivity index (χ2v) is 9.13. The molecule has 0 spiro atoms. The molecule has 10 heteroatoms. The fourth-order valence-electron chi connectivity index (χ4n) is 4.18. The Morgan fingerprint density at radius 2 is 2.27 bits per heavy atom. The maximum absolute atomic E-state index is 12.3. The molecule has 2 fully saturated rings. The third-order valence-corrected chi connectivity index (χ3v) is 6.56. The quantitative estimate of drug-likeness (QED) is 0.829. The van der Waals surface area contributed by atoms with Gasteiger partial charge in [0.15, 0.2) is 11.6 Å². The van der Waals surface area contributed by atoms with Gasteiger partial charge in [-0.2, -0.15) is 4.98 Å². The number of nitrogens with zero attached hydrogens (tertiary/aromatic N) is 3. The number of aryl methyl sites for hydroxylation is 1. The number of aromatic nitrogens is 2. The molecule has 1 N–H and O–H groups in total. The van der Waals surface area contributed by atoms with Crippen molar-refractivity contribution < 1.29 is 22.2 Å². The SMILES string of the molecule is Cc1noc([C@]23C[C@H](NC(=O)c4ccco4)C[C@H]2CN(S(C)(=O)=O)C3)n1. The van der Waals surface area contributed by atoms with Crippen molar-refractivity contribution in [1.29, 1.82) is 0 Å². The predicted octanol–water partition coefficient (Wildman–Crippen LogP) is 0.693. The lowest BCUT2D eigenvalue weighted by molar-refractivity contribution is 0.0906. The number of rotatable bonds is 4. The second-order valence-electron chi connectivity index (χ2n) is 7.14. The molecule has 2 aromatic heterocycles. The van der Waals surface area contributed by atoms with Crippen molar-refractivity contribution in [2.75, 3.05) is 19.3 Å². The maximum Gasteiger partial charge on any atom is 0.287 e. The highest BCUT2D eigenvalue weighted by Crippen LogP contribution is 2.50. The smallest absolute Gasteiger partial charge is 0.287 e. The van der Waals surface area contributed by atoms with E-state index in [9.17, 15) is 13.2 Å². The molecule has 26 heavy (non-hydrogen) atoms. The molecule has 1 amide bonds. The van der Waals surface area contributed by atoms with Crippen LogP contribution < -0.4 is 5.32 Å². The molecule has 4 rings (SSSR count). The number of nitrogens with one attached hydrogen (secondary N) is 1.